The van der Waals surface area contributed by atoms with Crippen LogP contribution in [0.4, 0.5) is 10.5 Å². The lowest BCUT2D eigenvalue weighted by molar-refractivity contribution is -0.139. The van der Waals surface area contributed by atoms with E-state index >= 15 is 0 Å². The molecule has 0 aliphatic rings. The SMILES string of the molecule is COc1ccccc1NC(=O)N[C@H](Cc1ccccc1)C(=O)O. The van der Waals surface area contributed by atoms with Crippen molar-refractivity contribution in [3.63, 3.8) is 0 Å². The molecule has 6 heteroatoms. The number of nitrogens with one attached hydrogen (secondary N) is 2. The van der Waals surface area contributed by atoms with Gasteiger partial charge in [-0.2, -0.15) is 0 Å². The number of carbonyl (C=O) groups is 2. The molecular weight excluding hydrogens is 296 g/mol. The molecule has 0 bridgehead atoms. The summed E-state index contributed by atoms with van der Waals surface area (Å²) in [5, 5.41) is 14.3. The Kier molecular flexibility index (Phi) is 5.57. The lowest BCUT2D eigenvalue weighted by Crippen LogP contribution is -2.44. The maximum absolute atomic E-state index is 12.0. The zero-order chi connectivity index (χ0) is 16.7. The second-order valence-corrected chi connectivity index (χ2v) is 4.88. The fourth-order valence-corrected chi connectivity index (χ4v) is 2.11. The van der Waals surface area contributed by atoms with E-state index in [0.717, 1.165) is 5.56 Å². The minimum atomic E-state index is -1.09. The molecule has 0 spiro atoms. The predicted octanol–water partition coefficient (Wildman–Crippen LogP) is 2.51. The lowest BCUT2D eigenvalue weighted by atomic mass is 10.1. The number of benzene rings is 2. The Hall–Kier alpha value is -3.02. The molecule has 23 heavy (non-hydrogen) atoms. The van der Waals surface area contributed by atoms with Crippen molar-refractivity contribution in [1.82, 2.24) is 5.32 Å². The first-order valence-corrected chi connectivity index (χ1v) is 7.07. The minimum Gasteiger partial charge on any atom is -0.495 e. The van der Waals surface area contributed by atoms with Crippen molar-refractivity contribution in [2.45, 2.75) is 12.5 Å². The molecule has 0 aliphatic heterocycles. The van der Waals surface area contributed by atoms with E-state index in [1.54, 1.807) is 24.3 Å². The van der Waals surface area contributed by atoms with E-state index in [0.29, 0.717) is 11.4 Å². The molecule has 0 heterocycles. The Bertz CT molecular complexity index is 673. The molecule has 0 fully saturated rings. The Morgan fingerprint density at radius 1 is 1.09 bits per heavy atom. The van der Waals surface area contributed by atoms with Crippen LogP contribution in [0.2, 0.25) is 0 Å². The summed E-state index contributed by atoms with van der Waals surface area (Å²) in [6.45, 7) is 0. The van der Waals surface area contributed by atoms with Gasteiger partial charge < -0.3 is 20.5 Å². The highest BCUT2D eigenvalue weighted by Gasteiger charge is 2.20. The highest BCUT2D eigenvalue weighted by atomic mass is 16.5. The topological polar surface area (TPSA) is 87.7 Å². The van der Waals surface area contributed by atoms with Crippen LogP contribution in [0.5, 0.6) is 5.75 Å². The summed E-state index contributed by atoms with van der Waals surface area (Å²) in [7, 11) is 1.49. The van der Waals surface area contributed by atoms with Crippen LogP contribution in [0, 0.1) is 0 Å². The lowest BCUT2D eigenvalue weighted by Gasteiger charge is -2.16. The normalized spacial score (nSPS) is 11.3. The molecule has 3 N–H and O–H groups in total. The van der Waals surface area contributed by atoms with Gasteiger partial charge in [-0.15, -0.1) is 0 Å². The number of rotatable bonds is 6. The molecule has 2 amide bonds. The first kappa shape index (κ1) is 16.4. The van der Waals surface area contributed by atoms with E-state index in [1.807, 2.05) is 30.3 Å². The quantitative estimate of drug-likeness (QED) is 0.764. The van der Waals surface area contributed by atoms with Gasteiger partial charge in [-0.05, 0) is 17.7 Å². The summed E-state index contributed by atoms with van der Waals surface area (Å²) >= 11 is 0. The number of para-hydroxylation sites is 2. The number of urea groups is 1. The van der Waals surface area contributed by atoms with E-state index in [9.17, 15) is 14.7 Å². The van der Waals surface area contributed by atoms with Crippen molar-refractivity contribution in [1.29, 1.82) is 0 Å². The molecule has 0 aliphatic carbocycles. The van der Waals surface area contributed by atoms with Crippen LogP contribution in [-0.2, 0) is 11.2 Å². The number of hydrogen-bond donors (Lipinski definition) is 3. The Balaban J connectivity index is 2.02. The number of carbonyl (C=O) groups excluding carboxylic acids is 1. The second kappa shape index (κ2) is 7.84. The average Bonchev–Trinajstić information content (AvgIpc) is 2.55. The van der Waals surface area contributed by atoms with E-state index in [2.05, 4.69) is 10.6 Å². The van der Waals surface area contributed by atoms with Crippen LogP contribution >= 0.6 is 0 Å². The van der Waals surface area contributed by atoms with Gasteiger partial charge in [0.15, 0.2) is 0 Å². The number of amides is 2. The van der Waals surface area contributed by atoms with Crippen molar-refractivity contribution in [2.24, 2.45) is 0 Å². The van der Waals surface area contributed by atoms with Crippen molar-refractivity contribution < 1.29 is 19.4 Å². The fraction of sp³-hybridized carbons (Fsp3) is 0.176. The van der Waals surface area contributed by atoms with Gasteiger partial charge in [-0.3, -0.25) is 0 Å². The summed E-state index contributed by atoms with van der Waals surface area (Å²) in [6.07, 6.45) is 0.204. The van der Waals surface area contributed by atoms with Crippen LogP contribution in [-0.4, -0.2) is 30.3 Å². The van der Waals surface area contributed by atoms with Crippen LogP contribution in [0.25, 0.3) is 0 Å². The van der Waals surface area contributed by atoms with Crippen LogP contribution in [0.1, 0.15) is 5.56 Å². The number of aliphatic carboxylic acids is 1. The van der Waals surface area contributed by atoms with Crippen molar-refractivity contribution >= 4 is 17.7 Å². The Labute approximate surface area is 134 Å². The predicted molar refractivity (Wildman–Crippen MR) is 86.7 cm³/mol. The van der Waals surface area contributed by atoms with E-state index in [1.165, 1.54) is 7.11 Å². The minimum absolute atomic E-state index is 0.204. The molecule has 2 aromatic rings. The molecule has 120 valence electrons. The third kappa shape index (κ3) is 4.74. The van der Waals surface area contributed by atoms with Crippen LogP contribution in [0.3, 0.4) is 0 Å². The first-order valence-electron chi connectivity index (χ1n) is 7.07. The second-order valence-electron chi connectivity index (χ2n) is 4.88. The molecule has 1 atom stereocenters. The van der Waals surface area contributed by atoms with Gasteiger partial charge in [0.1, 0.15) is 11.8 Å². The summed E-state index contributed by atoms with van der Waals surface area (Å²) in [5.41, 5.74) is 1.30. The maximum Gasteiger partial charge on any atom is 0.326 e. The molecule has 0 saturated carbocycles. The van der Waals surface area contributed by atoms with Crippen molar-refractivity contribution in [2.75, 3.05) is 12.4 Å². The zero-order valence-corrected chi connectivity index (χ0v) is 12.7. The van der Waals surface area contributed by atoms with Gasteiger partial charge in [-0.25, -0.2) is 9.59 Å². The molecule has 6 nitrogen and oxygen atoms in total. The zero-order valence-electron chi connectivity index (χ0n) is 12.7. The number of carboxylic acids is 1. The number of ether oxygens (including phenoxy) is 1. The van der Waals surface area contributed by atoms with Gasteiger partial charge in [0.05, 0.1) is 12.8 Å². The third-order valence-corrected chi connectivity index (χ3v) is 3.24. The van der Waals surface area contributed by atoms with Gasteiger partial charge in [0, 0.05) is 6.42 Å². The highest BCUT2D eigenvalue weighted by Crippen LogP contribution is 2.22. The summed E-state index contributed by atoms with van der Waals surface area (Å²) in [6, 6.07) is 14.4. The van der Waals surface area contributed by atoms with E-state index in [4.69, 9.17) is 4.74 Å². The van der Waals surface area contributed by atoms with E-state index in [-0.39, 0.29) is 6.42 Å². The number of carboxylic acid groups (broad SMARTS) is 1. The van der Waals surface area contributed by atoms with Crippen LogP contribution < -0.4 is 15.4 Å². The van der Waals surface area contributed by atoms with Crippen molar-refractivity contribution in [3.8, 4) is 5.75 Å². The largest absolute Gasteiger partial charge is 0.495 e. The number of hydrogen-bond acceptors (Lipinski definition) is 3. The first-order chi connectivity index (χ1) is 11.1. The van der Waals surface area contributed by atoms with Gasteiger partial charge in [0.25, 0.3) is 0 Å². The van der Waals surface area contributed by atoms with Gasteiger partial charge in [0.2, 0.25) is 0 Å². The Morgan fingerprint density at radius 2 is 1.74 bits per heavy atom. The van der Waals surface area contributed by atoms with E-state index < -0.39 is 18.0 Å². The maximum atomic E-state index is 12.0. The molecule has 0 saturated heterocycles. The van der Waals surface area contributed by atoms with Crippen LogP contribution in [0.15, 0.2) is 54.6 Å². The summed E-state index contributed by atoms with van der Waals surface area (Å²) in [5.74, 6) is -0.596. The average molecular weight is 314 g/mol. The highest BCUT2D eigenvalue weighted by molar-refractivity contribution is 5.93. The summed E-state index contributed by atoms with van der Waals surface area (Å²) in [4.78, 5) is 23.4. The standard InChI is InChI=1S/C17H18N2O4/c1-23-15-10-6-5-9-13(15)18-17(22)19-14(16(20)21)11-12-7-3-2-4-8-12/h2-10,14H,11H2,1H3,(H,20,21)(H2,18,19,22)/t14-/m1/s1. The van der Waals surface area contributed by atoms with Gasteiger partial charge in [-0.1, -0.05) is 42.5 Å². The van der Waals surface area contributed by atoms with Crippen molar-refractivity contribution in [3.05, 3.63) is 60.2 Å². The number of methoxy groups -OCH3 is 1. The molecule has 0 unspecified atom stereocenters. The molecular formula is C17H18N2O4. The molecule has 0 radical (unpaired) electrons. The number of anilines is 1. The molecule has 2 aromatic carbocycles. The fourth-order valence-electron chi connectivity index (χ4n) is 2.11. The summed E-state index contributed by atoms with van der Waals surface area (Å²) < 4.78 is 5.14. The smallest absolute Gasteiger partial charge is 0.326 e. The third-order valence-electron chi connectivity index (χ3n) is 3.24. The monoisotopic (exact) mass is 314 g/mol. The Morgan fingerprint density at radius 3 is 2.39 bits per heavy atom. The molecule has 0 aromatic heterocycles. The van der Waals surface area contributed by atoms with Gasteiger partial charge >= 0.3 is 12.0 Å². The molecule has 2 rings (SSSR count).